The molecule has 41 heavy (non-hydrogen) atoms. The Labute approximate surface area is 239 Å². The third-order valence-corrected chi connectivity index (χ3v) is 10.5. The predicted octanol–water partition coefficient (Wildman–Crippen LogP) is 2.61. The van der Waals surface area contributed by atoms with Crippen molar-refractivity contribution < 1.29 is 24.1 Å². The summed E-state index contributed by atoms with van der Waals surface area (Å²) in [4.78, 5) is 42.6. The fourth-order valence-corrected chi connectivity index (χ4v) is 7.77. The van der Waals surface area contributed by atoms with E-state index in [0.29, 0.717) is 40.9 Å². The van der Waals surface area contributed by atoms with Crippen molar-refractivity contribution in [1.29, 1.82) is 0 Å². The van der Waals surface area contributed by atoms with Crippen molar-refractivity contribution in [3.8, 4) is 11.3 Å². The summed E-state index contributed by atoms with van der Waals surface area (Å²) in [6.45, 7) is 3.11. The van der Waals surface area contributed by atoms with Gasteiger partial charge in [-0.05, 0) is 49.9 Å². The standard InChI is InChI=1S/C30H31ClFN3O6/c1-2-30(40)21-8-23-25-24(12-34(23)27(38)20(21)13-41-28(30)39)35(22-4-3-16(32)7-19(22)26(25)37)17-5-6-33(11-17)18-9-29(10-18,14-31)15-36/h3-4,7-8,17-18,36,40H,2,5-6,9-15H2,1H3/t17-,18?,29?,30+/m1/s1. The van der Waals surface area contributed by atoms with E-state index >= 15 is 0 Å². The molecule has 3 aromatic rings. The quantitative estimate of drug-likeness (QED) is 0.274. The zero-order chi connectivity index (χ0) is 28.8. The summed E-state index contributed by atoms with van der Waals surface area (Å²) in [6, 6.07) is 6.05. The molecule has 2 aromatic heterocycles. The molecule has 0 spiro atoms. The number of esters is 1. The van der Waals surface area contributed by atoms with Crippen molar-refractivity contribution in [3.05, 3.63) is 67.5 Å². The van der Waals surface area contributed by atoms with Gasteiger partial charge in [-0.1, -0.05) is 6.92 Å². The first-order chi connectivity index (χ1) is 19.6. The van der Waals surface area contributed by atoms with Crippen LogP contribution in [0.1, 0.15) is 55.5 Å². The summed E-state index contributed by atoms with van der Waals surface area (Å²) in [7, 11) is 0. The molecule has 4 aliphatic rings. The van der Waals surface area contributed by atoms with E-state index in [1.54, 1.807) is 19.1 Å². The van der Waals surface area contributed by atoms with Crippen molar-refractivity contribution >= 4 is 28.5 Å². The molecule has 3 aliphatic heterocycles. The van der Waals surface area contributed by atoms with Gasteiger partial charge in [0.05, 0.1) is 34.6 Å². The Kier molecular flexibility index (Phi) is 6.04. The highest BCUT2D eigenvalue weighted by molar-refractivity contribution is 6.18. The average Bonchev–Trinajstić information content (AvgIpc) is 3.58. The zero-order valence-corrected chi connectivity index (χ0v) is 23.4. The topological polar surface area (TPSA) is 114 Å². The van der Waals surface area contributed by atoms with Crippen LogP contribution in [0.5, 0.6) is 0 Å². The first-order valence-corrected chi connectivity index (χ1v) is 14.6. The van der Waals surface area contributed by atoms with Crippen LogP contribution in [0.4, 0.5) is 4.39 Å². The van der Waals surface area contributed by atoms with Crippen LogP contribution in [0, 0.1) is 11.2 Å². The normalized spacial score (nSPS) is 28.8. The molecule has 5 heterocycles. The smallest absolute Gasteiger partial charge is 0.343 e. The first kappa shape index (κ1) is 26.8. The van der Waals surface area contributed by atoms with Gasteiger partial charge in [0.25, 0.3) is 5.56 Å². The molecule has 1 aromatic carbocycles. The second-order valence-electron chi connectivity index (χ2n) is 12.1. The van der Waals surface area contributed by atoms with Crippen molar-refractivity contribution in [3.63, 3.8) is 0 Å². The van der Waals surface area contributed by atoms with E-state index in [2.05, 4.69) is 9.47 Å². The Morgan fingerprint density at radius 1 is 1.17 bits per heavy atom. The van der Waals surface area contributed by atoms with E-state index < -0.39 is 28.4 Å². The molecule has 1 saturated carbocycles. The average molecular weight is 584 g/mol. The third kappa shape index (κ3) is 3.67. The first-order valence-electron chi connectivity index (χ1n) is 14.1. The van der Waals surface area contributed by atoms with E-state index in [1.807, 2.05) is 0 Å². The molecule has 2 fully saturated rings. The van der Waals surface area contributed by atoms with Gasteiger partial charge < -0.3 is 24.1 Å². The Balaban J connectivity index is 1.37. The van der Waals surface area contributed by atoms with Crippen LogP contribution in [-0.2, 0) is 28.3 Å². The van der Waals surface area contributed by atoms with Gasteiger partial charge in [0.1, 0.15) is 12.4 Å². The van der Waals surface area contributed by atoms with Gasteiger partial charge >= 0.3 is 5.97 Å². The van der Waals surface area contributed by atoms with Gasteiger partial charge in [-0.2, -0.15) is 0 Å². The summed E-state index contributed by atoms with van der Waals surface area (Å²) in [5.41, 5.74) is -0.797. The SMILES string of the molecule is CC[C@@]1(O)C(=O)OCc2c1cc1n(c2=O)Cc2c-1c(=O)c1cc(F)ccc1n2[C@@H]1CCN(C2CC(CO)(CCl)C2)C1. The molecule has 11 heteroatoms. The van der Waals surface area contributed by atoms with Crippen LogP contribution in [-0.4, -0.2) is 61.8 Å². The minimum Gasteiger partial charge on any atom is -0.458 e. The highest BCUT2D eigenvalue weighted by atomic mass is 35.5. The monoisotopic (exact) mass is 583 g/mol. The molecular weight excluding hydrogens is 553 g/mol. The van der Waals surface area contributed by atoms with Gasteiger partial charge in [0.15, 0.2) is 11.0 Å². The molecule has 0 radical (unpaired) electrons. The van der Waals surface area contributed by atoms with Crippen molar-refractivity contribution in [2.75, 3.05) is 25.6 Å². The number of aliphatic hydroxyl groups excluding tert-OH is 1. The Hall–Kier alpha value is -3.05. The van der Waals surface area contributed by atoms with E-state index in [1.165, 1.54) is 16.7 Å². The second-order valence-corrected chi connectivity index (χ2v) is 12.3. The number of pyridine rings is 2. The summed E-state index contributed by atoms with van der Waals surface area (Å²) in [5, 5.41) is 21.2. The van der Waals surface area contributed by atoms with Crippen LogP contribution in [0.25, 0.3) is 22.2 Å². The lowest BCUT2D eigenvalue weighted by atomic mass is 9.66. The lowest BCUT2D eigenvalue weighted by Crippen LogP contribution is -2.53. The van der Waals surface area contributed by atoms with Crippen LogP contribution < -0.4 is 11.0 Å². The van der Waals surface area contributed by atoms with E-state index in [9.17, 15) is 29.0 Å². The van der Waals surface area contributed by atoms with Gasteiger partial charge in [-0.3, -0.25) is 14.5 Å². The van der Waals surface area contributed by atoms with E-state index in [-0.39, 0.29) is 54.1 Å². The molecule has 1 aliphatic carbocycles. The van der Waals surface area contributed by atoms with Gasteiger partial charge in [-0.15, -0.1) is 11.6 Å². The highest BCUT2D eigenvalue weighted by Crippen LogP contribution is 2.47. The summed E-state index contributed by atoms with van der Waals surface area (Å²) < 4.78 is 23.2. The number of ether oxygens (including phenoxy) is 1. The maximum atomic E-state index is 14.5. The number of carbonyl (C=O) groups excluding carboxylic acids is 1. The third-order valence-electron chi connectivity index (χ3n) is 9.91. The molecular formula is C30H31ClFN3O6. The Bertz CT molecular complexity index is 1740. The predicted molar refractivity (Wildman–Crippen MR) is 149 cm³/mol. The maximum absolute atomic E-state index is 14.5. The number of cyclic esters (lactones) is 1. The van der Waals surface area contributed by atoms with Crippen LogP contribution in [0.2, 0.25) is 0 Å². The lowest BCUT2D eigenvalue weighted by Gasteiger charge is -2.49. The molecule has 1 saturated heterocycles. The van der Waals surface area contributed by atoms with Gasteiger partial charge in [-0.25, -0.2) is 9.18 Å². The number of aliphatic hydroxyl groups is 2. The zero-order valence-electron chi connectivity index (χ0n) is 22.7. The van der Waals surface area contributed by atoms with E-state index in [4.69, 9.17) is 16.3 Å². The van der Waals surface area contributed by atoms with Gasteiger partial charge in [0.2, 0.25) is 0 Å². The fourth-order valence-electron chi connectivity index (χ4n) is 7.47. The summed E-state index contributed by atoms with van der Waals surface area (Å²) >= 11 is 6.14. The number of benzene rings is 1. The number of fused-ring (bicyclic) bond motifs is 5. The molecule has 2 atom stereocenters. The van der Waals surface area contributed by atoms with Crippen molar-refractivity contribution in [2.45, 2.75) is 63.4 Å². The van der Waals surface area contributed by atoms with Crippen LogP contribution in [0.3, 0.4) is 0 Å². The molecule has 0 amide bonds. The van der Waals surface area contributed by atoms with E-state index in [0.717, 1.165) is 25.8 Å². The molecule has 0 unspecified atom stereocenters. The number of likely N-dealkylation sites (tertiary alicyclic amines) is 1. The van der Waals surface area contributed by atoms with Crippen molar-refractivity contribution in [1.82, 2.24) is 14.0 Å². The lowest BCUT2D eigenvalue weighted by molar-refractivity contribution is -0.172. The largest absolute Gasteiger partial charge is 0.458 e. The second kappa shape index (κ2) is 9.22. The fraction of sp³-hybridized carbons (Fsp3) is 0.500. The Morgan fingerprint density at radius 3 is 2.66 bits per heavy atom. The van der Waals surface area contributed by atoms with Gasteiger partial charge in [0, 0.05) is 54.0 Å². The number of hydrogen-bond acceptors (Lipinski definition) is 7. The number of aromatic nitrogens is 2. The molecule has 0 bridgehead atoms. The number of halogens is 2. The summed E-state index contributed by atoms with van der Waals surface area (Å²) in [5.74, 6) is -0.940. The highest BCUT2D eigenvalue weighted by Gasteiger charge is 2.48. The molecule has 216 valence electrons. The number of rotatable bonds is 5. The van der Waals surface area contributed by atoms with Crippen molar-refractivity contribution in [2.24, 2.45) is 5.41 Å². The maximum Gasteiger partial charge on any atom is 0.343 e. The molecule has 7 rings (SSSR count). The molecule has 2 N–H and O–H groups in total. The minimum atomic E-state index is -1.99. The van der Waals surface area contributed by atoms with Crippen LogP contribution in [0.15, 0.2) is 33.9 Å². The summed E-state index contributed by atoms with van der Waals surface area (Å²) in [6.07, 6.45) is 2.44. The number of nitrogens with zero attached hydrogens (tertiary/aromatic N) is 3. The number of carbonyl (C=O) groups is 1. The minimum absolute atomic E-state index is 0.00209. The number of hydrogen-bond donors (Lipinski definition) is 2. The molecule has 9 nitrogen and oxygen atoms in total. The van der Waals surface area contributed by atoms with Crippen LogP contribution >= 0.6 is 11.6 Å². The Morgan fingerprint density at radius 2 is 1.95 bits per heavy atom. The number of alkyl halides is 1.